The first kappa shape index (κ1) is 18.2. The molecule has 3 aromatic heterocycles. The Morgan fingerprint density at radius 2 is 1.86 bits per heavy atom. The van der Waals surface area contributed by atoms with Gasteiger partial charge >= 0.3 is 0 Å². The van der Waals surface area contributed by atoms with E-state index < -0.39 is 9.84 Å². The van der Waals surface area contributed by atoms with Crippen LogP contribution in [0.4, 0.5) is 5.82 Å². The number of thiophene rings is 1. The van der Waals surface area contributed by atoms with Gasteiger partial charge in [0, 0.05) is 34.9 Å². The summed E-state index contributed by atoms with van der Waals surface area (Å²) in [5, 5.41) is 6.41. The lowest BCUT2D eigenvalue weighted by molar-refractivity contribution is 0.602. The van der Waals surface area contributed by atoms with Crippen molar-refractivity contribution in [1.29, 1.82) is 0 Å². The number of nitrogens with zero attached hydrogens (tertiary/aromatic N) is 3. The summed E-state index contributed by atoms with van der Waals surface area (Å²) < 4.78 is 23.9. The smallest absolute Gasteiger partial charge is 0.164 e. The lowest BCUT2D eigenvalue weighted by Crippen LogP contribution is -2.21. The Hall–Kier alpha value is -2.84. The van der Waals surface area contributed by atoms with Crippen LogP contribution in [0.2, 0.25) is 0 Å². The van der Waals surface area contributed by atoms with Crippen molar-refractivity contribution in [2.75, 3.05) is 16.8 Å². The minimum atomic E-state index is -2.99. The fraction of sp³-hybridized carbons (Fsp3) is 0.190. The van der Waals surface area contributed by atoms with Crippen LogP contribution in [0.5, 0.6) is 0 Å². The summed E-state index contributed by atoms with van der Waals surface area (Å²) in [4.78, 5) is 14.6. The maximum Gasteiger partial charge on any atom is 0.164 e. The molecule has 0 spiro atoms. The van der Waals surface area contributed by atoms with Gasteiger partial charge < -0.3 is 5.32 Å². The van der Waals surface area contributed by atoms with Crippen molar-refractivity contribution in [2.45, 2.75) is 12.5 Å². The molecule has 4 aromatic rings. The molecule has 0 radical (unpaired) electrons. The summed E-state index contributed by atoms with van der Waals surface area (Å²) in [7, 11) is -2.99. The van der Waals surface area contributed by atoms with Gasteiger partial charge in [-0.2, -0.15) is 0 Å². The van der Waals surface area contributed by atoms with E-state index in [0.717, 1.165) is 26.9 Å². The van der Waals surface area contributed by atoms with Gasteiger partial charge in [-0.3, -0.25) is 4.98 Å². The molecule has 0 saturated carbocycles. The minimum Gasteiger partial charge on any atom is -0.366 e. The van der Waals surface area contributed by atoms with Crippen molar-refractivity contribution in [1.82, 2.24) is 15.0 Å². The van der Waals surface area contributed by atoms with E-state index >= 15 is 0 Å². The van der Waals surface area contributed by atoms with Crippen molar-refractivity contribution >= 4 is 37.2 Å². The first-order valence-electron chi connectivity index (χ1n) is 9.31. The van der Waals surface area contributed by atoms with E-state index in [2.05, 4.69) is 27.8 Å². The van der Waals surface area contributed by atoms with Crippen LogP contribution in [0, 0.1) is 0 Å². The van der Waals surface area contributed by atoms with Crippen LogP contribution in [0.1, 0.15) is 6.42 Å². The van der Waals surface area contributed by atoms with Crippen LogP contribution in [0.25, 0.3) is 32.7 Å². The van der Waals surface area contributed by atoms with E-state index in [1.807, 2.05) is 30.3 Å². The molecule has 1 aliphatic heterocycles. The predicted octanol–water partition coefficient (Wildman–Crippen LogP) is 4.02. The maximum atomic E-state index is 11.9. The maximum absolute atomic E-state index is 11.9. The third kappa shape index (κ3) is 3.61. The van der Waals surface area contributed by atoms with Crippen LogP contribution < -0.4 is 5.32 Å². The molecule has 1 fully saturated rings. The minimum absolute atomic E-state index is 0.130. The Kier molecular flexibility index (Phi) is 4.52. The molecule has 8 heteroatoms. The molecule has 5 rings (SSSR count). The summed E-state index contributed by atoms with van der Waals surface area (Å²) in [6.07, 6.45) is 4.03. The van der Waals surface area contributed by atoms with E-state index in [9.17, 15) is 8.42 Å². The van der Waals surface area contributed by atoms with Gasteiger partial charge in [0.1, 0.15) is 10.6 Å². The fourth-order valence-electron chi connectivity index (χ4n) is 3.60. The molecule has 1 N–H and O–H groups in total. The number of anilines is 1. The lowest BCUT2D eigenvalue weighted by Gasteiger charge is -2.15. The van der Waals surface area contributed by atoms with Crippen LogP contribution >= 0.6 is 11.3 Å². The molecule has 1 aliphatic rings. The van der Waals surface area contributed by atoms with E-state index in [1.54, 1.807) is 23.7 Å². The second-order valence-corrected chi connectivity index (χ2v) is 10.2. The van der Waals surface area contributed by atoms with Crippen LogP contribution in [-0.4, -0.2) is 40.9 Å². The second kappa shape index (κ2) is 7.20. The molecule has 29 heavy (non-hydrogen) atoms. The standard InChI is InChI=1S/C21H18N4O2S2/c26-29(27)10-8-16(13-29)23-20-18-17(14-5-2-1-3-6-14)12-28-21(18)25-19(24-20)15-7-4-9-22-11-15/h1-7,9,11-12,16H,8,10,13H2,(H,23,24,25)/t16-/m1/s1. The quantitative estimate of drug-likeness (QED) is 0.535. The van der Waals surface area contributed by atoms with Crippen molar-refractivity contribution in [3.05, 3.63) is 60.2 Å². The highest BCUT2D eigenvalue weighted by Gasteiger charge is 2.29. The average Bonchev–Trinajstić information content (AvgIpc) is 3.32. The number of benzene rings is 1. The van der Waals surface area contributed by atoms with Gasteiger partial charge in [-0.1, -0.05) is 30.3 Å². The molecule has 0 aliphatic carbocycles. The summed E-state index contributed by atoms with van der Waals surface area (Å²) >= 11 is 1.56. The Balaban J connectivity index is 1.66. The Labute approximate surface area is 172 Å². The first-order valence-corrected chi connectivity index (χ1v) is 12.0. The van der Waals surface area contributed by atoms with Crippen molar-refractivity contribution < 1.29 is 8.42 Å². The number of hydrogen-bond acceptors (Lipinski definition) is 7. The van der Waals surface area contributed by atoms with Gasteiger partial charge in [0.2, 0.25) is 0 Å². The van der Waals surface area contributed by atoms with Gasteiger partial charge in [-0.15, -0.1) is 11.3 Å². The van der Waals surface area contributed by atoms with Crippen molar-refractivity contribution in [2.24, 2.45) is 0 Å². The third-order valence-electron chi connectivity index (χ3n) is 5.01. The lowest BCUT2D eigenvalue weighted by atomic mass is 10.1. The molecule has 6 nitrogen and oxygen atoms in total. The van der Waals surface area contributed by atoms with Crippen LogP contribution in [-0.2, 0) is 9.84 Å². The number of aromatic nitrogens is 3. The molecule has 4 heterocycles. The van der Waals surface area contributed by atoms with E-state index in [1.165, 1.54) is 0 Å². The number of pyridine rings is 1. The van der Waals surface area contributed by atoms with E-state index in [-0.39, 0.29) is 17.5 Å². The zero-order chi connectivity index (χ0) is 19.8. The molecule has 1 saturated heterocycles. The molecule has 0 bridgehead atoms. The zero-order valence-electron chi connectivity index (χ0n) is 15.4. The Morgan fingerprint density at radius 3 is 2.59 bits per heavy atom. The van der Waals surface area contributed by atoms with Gasteiger partial charge in [-0.25, -0.2) is 18.4 Å². The highest BCUT2D eigenvalue weighted by Crippen LogP contribution is 2.38. The Morgan fingerprint density at radius 1 is 1.03 bits per heavy atom. The number of fused-ring (bicyclic) bond motifs is 1. The van der Waals surface area contributed by atoms with Crippen molar-refractivity contribution in [3.8, 4) is 22.5 Å². The fourth-order valence-corrected chi connectivity index (χ4v) is 6.22. The van der Waals surface area contributed by atoms with E-state index in [0.29, 0.717) is 18.1 Å². The van der Waals surface area contributed by atoms with Crippen LogP contribution in [0.15, 0.2) is 60.2 Å². The average molecular weight is 423 g/mol. The van der Waals surface area contributed by atoms with Gasteiger partial charge in [0.15, 0.2) is 15.7 Å². The largest absolute Gasteiger partial charge is 0.366 e. The summed E-state index contributed by atoms with van der Waals surface area (Å²) in [6, 6.07) is 13.7. The normalized spacial score (nSPS) is 18.1. The van der Waals surface area contributed by atoms with E-state index in [4.69, 9.17) is 9.97 Å². The van der Waals surface area contributed by atoms with Gasteiger partial charge in [0.05, 0.1) is 16.9 Å². The number of hydrogen-bond donors (Lipinski definition) is 1. The molecule has 1 atom stereocenters. The number of rotatable bonds is 4. The Bertz CT molecular complexity index is 1270. The highest BCUT2D eigenvalue weighted by atomic mass is 32.2. The molecule has 0 amide bonds. The monoisotopic (exact) mass is 422 g/mol. The first-order chi connectivity index (χ1) is 14.1. The van der Waals surface area contributed by atoms with Crippen LogP contribution in [0.3, 0.4) is 0 Å². The SMILES string of the molecule is O=S1(=O)CC[C@@H](Nc2nc(-c3cccnc3)nc3scc(-c4ccccc4)c23)C1. The molecular formula is C21H18N4O2S2. The molecule has 0 unspecified atom stereocenters. The summed E-state index contributed by atoms with van der Waals surface area (Å²) in [6.45, 7) is 0. The predicted molar refractivity (Wildman–Crippen MR) is 117 cm³/mol. The zero-order valence-corrected chi connectivity index (χ0v) is 17.1. The molecular weight excluding hydrogens is 404 g/mol. The molecule has 1 aromatic carbocycles. The second-order valence-electron chi connectivity index (χ2n) is 7.08. The summed E-state index contributed by atoms with van der Waals surface area (Å²) in [5.74, 6) is 1.60. The summed E-state index contributed by atoms with van der Waals surface area (Å²) in [5.41, 5.74) is 2.96. The topological polar surface area (TPSA) is 84.8 Å². The van der Waals surface area contributed by atoms with Gasteiger partial charge in [0.25, 0.3) is 0 Å². The van der Waals surface area contributed by atoms with Crippen molar-refractivity contribution in [3.63, 3.8) is 0 Å². The number of nitrogens with one attached hydrogen (secondary N) is 1. The molecule has 146 valence electrons. The third-order valence-corrected chi connectivity index (χ3v) is 7.65. The van der Waals surface area contributed by atoms with Gasteiger partial charge in [-0.05, 0) is 24.1 Å². The highest BCUT2D eigenvalue weighted by molar-refractivity contribution is 7.91. The number of sulfone groups is 1.